The van der Waals surface area contributed by atoms with Crippen LogP contribution in [0.2, 0.25) is 0 Å². The number of amides is 1. The Kier molecular flexibility index (Phi) is 4.12. The summed E-state index contributed by atoms with van der Waals surface area (Å²) in [5.74, 6) is 0.842. The zero-order chi connectivity index (χ0) is 17.5. The van der Waals surface area contributed by atoms with E-state index < -0.39 is 0 Å². The molecule has 0 aliphatic carbocycles. The summed E-state index contributed by atoms with van der Waals surface area (Å²) in [7, 11) is 0. The summed E-state index contributed by atoms with van der Waals surface area (Å²) in [5, 5.41) is 3.22. The zero-order valence-corrected chi connectivity index (χ0v) is 15.1. The highest BCUT2D eigenvalue weighted by molar-refractivity contribution is 5.96. The number of hydrogen-bond donors (Lipinski definition) is 1. The molecule has 1 N–H and O–H groups in total. The van der Waals surface area contributed by atoms with Gasteiger partial charge in [-0.25, -0.2) is 0 Å². The molecule has 0 aromatic heterocycles. The molecule has 1 amide bonds. The Hall–Kier alpha value is -2.29. The van der Waals surface area contributed by atoms with Gasteiger partial charge in [0.1, 0.15) is 11.4 Å². The molecule has 1 atom stereocenters. The van der Waals surface area contributed by atoms with Crippen LogP contribution in [0.1, 0.15) is 58.9 Å². The fraction of sp³-hybridized carbons (Fsp3) is 0.381. The summed E-state index contributed by atoms with van der Waals surface area (Å²) in [6.07, 6.45) is 0.750. The lowest BCUT2D eigenvalue weighted by Gasteiger charge is -2.38. The van der Waals surface area contributed by atoms with Gasteiger partial charge in [-0.1, -0.05) is 35.4 Å². The van der Waals surface area contributed by atoms with Crippen LogP contribution in [-0.2, 0) is 0 Å². The van der Waals surface area contributed by atoms with E-state index in [9.17, 15) is 4.79 Å². The van der Waals surface area contributed by atoms with E-state index in [4.69, 9.17) is 4.74 Å². The SMILES string of the molecule is Cc1ccc(C)c(C(=O)NC2CC(C)(C)Oc3ccc(C)cc32)c1. The maximum Gasteiger partial charge on any atom is 0.252 e. The molecule has 3 heteroatoms. The van der Waals surface area contributed by atoms with Crippen molar-refractivity contribution in [3.05, 3.63) is 64.2 Å². The summed E-state index contributed by atoms with van der Waals surface area (Å²) in [4.78, 5) is 12.8. The van der Waals surface area contributed by atoms with Crippen LogP contribution in [-0.4, -0.2) is 11.5 Å². The third kappa shape index (κ3) is 3.30. The number of carbonyl (C=O) groups excluding carboxylic acids is 1. The lowest BCUT2D eigenvalue weighted by Crippen LogP contribution is -2.41. The van der Waals surface area contributed by atoms with Gasteiger partial charge in [0.2, 0.25) is 0 Å². The molecule has 3 rings (SSSR count). The monoisotopic (exact) mass is 323 g/mol. The van der Waals surface area contributed by atoms with Crippen molar-refractivity contribution in [2.75, 3.05) is 0 Å². The third-order valence-corrected chi connectivity index (χ3v) is 4.57. The molecule has 0 saturated carbocycles. The van der Waals surface area contributed by atoms with E-state index in [1.165, 1.54) is 5.56 Å². The molecule has 1 unspecified atom stereocenters. The van der Waals surface area contributed by atoms with Gasteiger partial charge < -0.3 is 10.1 Å². The van der Waals surface area contributed by atoms with Crippen molar-refractivity contribution in [3.8, 4) is 5.75 Å². The number of aryl methyl sites for hydroxylation is 3. The fourth-order valence-corrected chi connectivity index (χ4v) is 3.32. The molecule has 1 aliphatic heterocycles. The van der Waals surface area contributed by atoms with Gasteiger partial charge in [-0.15, -0.1) is 0 Å². The molecule has 2 aromatic rings. The van der Waals surface area contributed by atoms with Crippen LogP contribution in [0.4, 0.5) is 0 Å². The Bertz CT molecular complexity index is 792. The van der Waals surface area contributed by atoms with Crippen molar-refractivity contribution < 1.29 is 9.53 Å². The maximum absolute atomic E-state index is 12.8. The van der Waals surface area contributed by atoms with Crippen LogP contribution >= 0.6 is 0 Å². The molecule has 3 nitrogen and oxygen atoms in total. The van der Waals surface area contributed by atoms with Crippen molar-refractivity contribution in [3.63, 3.8) is 0 Å². The Balaban J connectivity index is 1.93. The van der Waals surface area contributed by atoms with E-state index in [2.05, 4.69) is 32.2 Å². The Labute approximate surface area is 144 Å². The second kappa shape index (κ2) is 5.97. The van der Waals surface area contributed by atoms with Gasteiger partial charge in [0, 0.05) is 17.5 Å². The number of hydrogen-bond acceptors (Lipinski definition) is 2. The molecular formula is C21H25NO2. The molecule has 2 aromatic carbocycles. The van der Waals surface area contributed by atoms with E-state index in [-0.39, 0.29) is 17.6 Å². The van der Waals surface area contributed by atoms with Gasteiger partial charge in [0.05, 0.1) is 6.04 Å². The molecule has 126 valence electrons. The average Bonchev–Trinajstić information content (AvgIpc) is 2.49. The van der Waals surface area contributed by atoms with Gasteiger partial charge in [0.15, 0.2) is 0 Å². The molecule has 0 bridgehead atoms. The summed E-state index contributed by atoms with van der Waals surface area (Å²) in [6.45, 7) is 10.2. The van der Waals surface area contributed by atoms with Crippen LogP contribution in [0.5, 0.6) is 5.75 Å². The molecule has 0 saturated heterocycles. The highest BCUT2D eigenvalue weighted by Gasteiger charge is 2.34. The van der Waals surface area contributed by atoms with Crippen molar-refractivity contribution in [1.29, 1.82) is 0 Å². The van der Waals surface area contributed by atoms with E-state index in [0.717, 1.165) is 34.4 Å². The van der Waals surface area contributed by atoms with Gasteiger partial charge >= 0.3 is 0 Å². The van der Waals surface area contributed by atoms with E-state index in [1.807, 2.05) is 44.2 Å². The molecule has 1 aliphatic rings. The number of benzene rings is 2. The van der Waals surface area contributed by atoms with E-state index >= 15 is 0 Å². The summed E-state index contributed by atoms with van der Waals surface area (Å²) >= 11 is 0. The Morgan fingerprint density at radius 3 is 2.50 bits per heavy atom. The second-order valence-electron chi connectivity index (χ2n) is 7.45. The normalized spacial score (nSPS) is 18.5. The number of carbonyl (C=O) groups is 1. The first-order valence-corrected chi connectivity index (χ1v) is 8.43. The number of fused-ring (bicyclic) bond motifs is 1. The minimum absolute atomic E-state index is 0.0219. The zero-order valence-electron chi connectivity index (χ0n) is 15.1. The quantitative estimate of drug-likeness (QED) is 0.874. The molecular weight excluding hydrogens is 298 g/mol. The maximum atomic E-state index is 12.8. The number of nitrogens with one attached hydrogen (secondary N) is 1. The molecule has 0 radical (unpaired) electrons. The van der Waals surface area contributed by atoms with Crippen molar-refractivity contribution in [2.24, 2.45) is 0 Å². The van der Waals surface area contributed by atoms with E-state index in [0.29, 0.717) is 0 Å². The van der Waals surface area contributed by atoms with Gasteiger partial charge in [-0.05, 0) is 52.3 Å². The van der Waals surface area contributed by atoms with Crippen molar-refractivity contribution in [2.45, 2.75) is 52.7 Å². The van der Waals surface area contributed by atoms with Crippen LogP contribution in [0, 0.1) is 20.8 Å². The fourth-order valence-electron chi connectivity index (χ4n) is 3.32. The third-order valence-electron chi connectivity index (χ3n) is 4.57. The first kappa shape index (κ1) is 16.6. The van der Waals surface area contributed by atoms with Gasteiger partial charge in [-0.3, -0.25) is 4.79 Å². The highest BCUT2D eigenvalue weighted by atomic mass is 16.5. The predicted octanol–water partition coefficient (Wildman–Crippen LogP) is 4.64. The predicted molar refractivity (Wildman–Crippen MR) is 96.6 cm³/mol. The standard InChI is InChI=1S/C21H25NO2/c1-13-6-8-15(3)16(10-13)20(23)22-18-12-21(4,5)24-19-9-7-14(2)11-17(18)19/h6-11,18H,12H2,1-5H3,(H,22,23). The largest absolute Gasteiger partial charge is 0.487 e. The topological polar surface area (TPSA) is 38.3 Å². The van der Waals surface area contributed by atoms with Crippen molar-refractivity contribution in [1.82, 2.24) is 5.32 Å². The molecule has 0 spiro atoms. The number of ether oxygens (including phenoxy) is 1. The number of rotatable bonds is 2. The van der Waals surface area contributed by atoms with Crippen LogP contribution in [0.3, 0.4) is 0 Å². The lowest BCUT2D eigenvalue weighted by molar-refractivity contribution is 0.0619. The second-order valence-corrected chi connectivity index (χ2v) is 7.45. The van der Waals surface area contributed by atoms with Crippen LogP contribution in [0.25, 0.3) is 0 Å². The smallest absolute Gasteiger partial charge is 0.252 e. The van der Waals surface area contributed by atoms with Crippen LogP contribution in [0.15, 0.2) is 36.4 Å². The minimum atomic E-state index is -0.304. The molecule has 0 fully saturated rings. The molecule has 1 heterocycles. The van der Waals surface area contributed by atoms with Crippen LogP contribution < -0.4 is 10.1 Å². The van der Waals surface area contributed by atoms with Gasteiger partial charge in [-0.2, -0.15) is 0 Å². The minimum Gasteiger partial charge on any atom is -0.487 e. The first-order chi connectivity index (χ1) is 11.2. The first-order valence-electron chi connectivity index (χ1n) is 8.43. The van der Waals surface area contributed by atoms with Gasteiger partial charge in [0.25, 0.3) is 5.91 Å². The Morgan fingerprint density at radius 2 is 1.75 bits per heavy atom. The average molecular weight is 323 g/mol. The summed E-state index contributed by atoms with van der Waals surface area (Å²) in [5.41, 5.74) is 4.76. The Morgan fingerprint density at radius 1 is 1.08 bits per heavy atom. The van der Waals surface area contributed by atoms with Crippen molar-refractivity contribution >= 4 is 5.91 Å². The lowest BCUT2D eigenvalue weighted by atomic mass is 9.88. The summed E-state index contributed by atoms with van der Waals surface area (Å²) < 4.78 is 6.08. The highest BCUT2D eigenvalue weighted by Crippen LogP contribution is 2.40. The summed E-state index contributed by atoms with van der Waals surface area (Å²) in [6, 6.07) is 12.1. The van der Waals surface area contributed by atoms with E-state index in [1.54, 1.807) is 0 Å². The molecule has 24 heavy (non-hydrogen) atoms.